The van der Waals surface area contributed by atoms with Gasteiger partial charge in [0.1, 0.15) is 0 Å². The van der Waals surface area contributed by atoms with Crippen molar-refractivity contribution in [3.05, 3.63) is 35.4 Å². The number of ether oxygens (including phenoxy) is 1. The Kier molecular flexibility index (Phi) is 4.15. The van der Waals surface area contributed by atoms with E-state index in [-0.39, 0.29) is 0 Å². The SMILES string of the molecule is COCC(C)C(CN)N1Cc2ccccc2C1. The predicted octanol–water partition coefficient (Wildman–Crippen LogP) is 1.61. The molecular weight excluding hydrogens is 212 g/mol. The third-order valence-electron chi connectivity index (χ3n) is 3.66. The van der Waals surface area contributed by atoms with Gasteiger partial charge in [0.25, 0.3) is 0 Å². The Morgan fingerprint density at radius 2 is 1.88 bits per heavy atom. The van der Waals surface area contributed by atoms with Crippen LogP contribution >= 0.6 is 0 Å². The van der Waals surface area contributed by atoms with Crippen LogP contribution in [-0.2, 0) is 17.8 Å². The van der Waals surface area contributed by atoms with E-state index in [1.807, 2.05) is 0 Å². The van der Waals surface area contributed by atoms with E-state index in [1.165, 1.54) is 11.1 Å². The van der Waals surface area contributed by atoms with Crippen molar-refractivity contribution in [2.75, 3.05) is 20.3 Å². The first-order chi connectivity index (χ1) is 8.26. The molecule has 1 aliphatic heterocycles. The number of fused-ring (bicyclic) bond motifs is 1. The Hall–Kier alpha value is -0.900. The lowest BCUT2D eigenvalue weighted by Gasteiger charge is -2.31. The van der Waals surface area contributed by atoms with Gasteiger partial charge in [0.05, 0.1) is 6.61 Å². The zero-order chi connectivity index (χ0) is 12.3. The molecule has 17 heavy (non-hydrogen) atoms. The van der Waals surface area contributed by atoms with Gasteiger partial charge in [0, 0.05) is 32.8 Å². The summed E-state index contributed by atoms with van der Waals surface area (Å²) in [5.74, 6) is 0.472. The topological polar surface area (TPSA) is 38.5 Å². The van der Waals surface area contributed by atoms with Crippen molar-refractivity contribution in [3.8, 4) is 0 Å². The Labute approximate surface area is 104 Å². The molecule has 0 aliphatic carbocycles. The summed E-state index contributed by atoms with van der Waals surface area (Å²) >= 11 is 0. The summed E-state index contributed by atoms with van der Waals surface area (Å²) < 4.78 is 5.24. The first kappa shape index (κ1) is 12.6. The van der Waals surface area contributed by atoms with Gasteiger partial charge in [0.2, 0.25) is 0 Å². The minimum Gasteiger partial charge on any atom is -0.384 e. The van der Waals surface area contributed by atoms with Gasteiger partial charge >= 0.3 is 0 Å². The Balaban J connectivity index is 2.05. The number of hydrogen-bond acceptors (Lipinski definition) is 3. The second-order valence-electron chi connectivity index (χ2n) is 4.91. The van der Waals surface area contributed by atoms with Crippen molar-refractivity contribution in [1.82, 2.24) is 4.90 Å². The maximum Gasteiger partial charge on any atom is 0.0503 e. The molecule has 94 valence electrons. The molecule has 2 unspecified atom stereocenters. The van der Waals surface area contributed by atoms with Gasteiger partial charge in [-0.15, -0.1) is 0 Å². The van der Waals surface area contributed by atoms with E-state index < -0.39 is 0 Å². The first-order valence-electron chi connectivity index (χ1n) is 6.26. The summed E-state index contributed by atoms with van der Waals surface area (Å²) in [6.45, 7) is 5.72. The van der Waals surface area contributed by atoms with Gasteiger partial charge in [-0.05, 0) is 17.0 Å². The molecular formula is C14H22N2O. The third-order valence-corrected chi connectivity index (χ3v) is 3.66. The van der Waals surface area contributed by atoms with Crippen molar-refractivity contribution in [1.29, 1.82) is 0 Å². The van der Waals surface area contributed by atoms with Crippen LogP contribution in [0.5, 0.6) is 0 Å². The highest BCUT2D eigenvalue weighted by Gasteiger charge is 2.28. The van der Waals surface area contributed by atoms with E-state index in [0.717, 1.165) is 19.7 Å². The van der Waals surface area contributed by atoms with Gasteiger partial charge in [-0.3, -0.25) is 4.90 Å². The van der Waals surface area contributed by atoms with E-state index in [9.17, 15) is 0 Å². The largest absolute Gasteiger partial charge is 0.384 e. The molecule has 0 fully saturated rings. The minimum absolute atomic E-state index is 0.405. The standard InChI is InChI=1S/C14H22N2O/c1-11(10-17-2)14(7-15)16-8-12-5-3-4-6-13(12)9-16/h3-6,11,14H,7-10,15H2,1-2H3. The average Bonchev–Trinajstić information content (AvgIpc) is 2.73. The van der Waals surface area contributed by atoms with E-state index in [2.05, 4.69) is 36.1 Å². The number of nitrogens with zero attached hydrogens (tertiary/aromatic N) is 1. The molecule has 0 amide bonds. The second-order valence-corrected chi connectivity index (χ2v) is 4.91. The number of benzene rings is 1. The van der Waals surface area contributed by atoms with E-state index in [1.54, 1.807) is 7.11 Å². The van der Waals surface area contributed by atoms with Crippen LogP contribution in [0.1, 0.15) is 18.1 Å². The number of methoxy groups -OCH3 is 1. The summed E-state index contributed by atoms with van der Waals surface area (Å²) in [6.07, 6.45) is 0. The van der Waals surface area contributed by atoms with Crippen molar-refractivity contribution in [3.63, 3.8) is 0 Å². The van der Waals surface area contributed by atoms with Crippen molar-refractivity contribution in [2.24, 2.45) is 11.7 Å². The highest BCUT2D eigenvalue weighted by Crippen LogP contribution is 2.26. The molecule has 0 radical (unpaired) electrons. The van der Waals surface area contributed by atoms with Crippen molar-refractivity contribution in [2.45, 2.75) is 26.1 Å². The minimum atomic E-state index is 0.405. The third kappa shape index (κ3) is 2.68. The molecule has 3 nitrogen and oxygen atoms in total. The van der Waals surface area contributed by atoms with E-state index in [0.29, 0.717) is 18.5 Å². The number of rotatable bonds is 5. The summed E-state index contributed by atoms with van der Waals surface area (Å²) in [4.78, 5) is 2.47. The summed E-state index contributed by atoms with van der Waals surface area (Å²) in [7, 11) is 1.75. The molecule has 2 rings (SSSR count). The molecule has 3 heteroatoms. The van der Waals surface area contributed by atoms with Crippen LogP contribution in [0.3, 0.4) is 0 Å². The highest BCUT2D eigenvalue weighted by molar-refractivity contribution is 5.30. The van der Waals surface area contributed by atoms with Gasteiger partial charge in [-0.25, -0.2) is 0 Å². The monoisotopic (exact) mass is 234 g/mol. The molecule has 1 heterocycles. The molecule has 2 N–H and O–H groups in total. The fourth-order valence-corrected chi connectivity index (χ4v) is 2.71. The Morgan fingerprint density at radius 1 is 1.29 bits per heavy atom. The fourth-order valence-electron chi connectivity index (χ4n) is 2.71. The quantitative estimate of drug-likeness (QED) is 0.841. The van der Waals surface area contributed by atoms with Crippen LogP contribution in [0.25, 0.3) is 0 Å². The summed E-state index contributed by atoms with van der Waals surface area (Å²) in [5, 5.41) is 0. The summed E-state index contributed by atoms with van der Waals surface area (Å²) in [5.41, 5.74) is 8.80. The summed E-state index contributed by atoms with van der Waals surface area (Å²) in [6, 6.07) is 9.05. The lowest BCUT2D eigenvalue weighted by atomic mass is 10.0. The van der Waals surface area contributed by atoms with Crippen molar-refractivity contribution < 1.29 is 4.74 Å². The molecule has 1 aliphatic rings. The van der Waals surface area contributed by atoms with Crippen LogP contribution in [0, 0.1) is 5.92 Å². The Morgan fingerprint density at radius 3 is 2.35 bits per heavy atom. The van der Waals surface area contributed by atoms with E-state index >= 15 is 0 Å². The molecule has 0 saturated carbocycles. The smallest absolute Gasteiger partial charge is 0.0503 e. The average molecular weight is 234 g/mol. The molecule has 0 bridgehead atoms. The zero-order valence-corrected chi connectivity index (χ0v) is 10.7. The molecule has 0 spiro atoms. The molecule has 2 atom stereocenters. The lowest BCUT2D eigenvalue weighted by Crippen LogP contribution is -2.43. The molecule has 0 aromatic heterocycles. The zero-order valence-electron chi connectivity index (χ0n) is 10.7. The van der Waals surface area contributed by atoms with E-state index in [4.69, 9.17) is 10.5 Å². The van der Waals surface area contributed by atoms with Crippen LogP contribution < -0.4 is 5.73 Å². The van der Waals surface area contributed by atoms with Crippen LogP contribution in [-0.4, -0.2) is 31.2 Å². The van der Waals surface area contributed by atoms with Gasteiger partial charge in [-0.1, -0.05) is 31.2 Å². The maximum atomic E-state index is 5.92. The molecule has 1 aromatic carbocycles. The van der Waals surface area contributed by atoms with Crippen LogP contribution in [0.4, 0.5) is 0 Å². The van der Waals surface area contributed by atoms with Crippen molar-refractivity contribution >= 4 is 0 Å². The number of nitrogens with two attached hydrogens (primary N) is 1. The van der Waals surface area contributed by atoms with Gasteiger partial charge < -0.3 is 10.5 Å². The predicted molar refractivity (Wildman–Crippen MR) is 69.6 cm³/mol. The normalized spacial score (nSPS) is 19.0. The highest BCUT2D eigenvalue weighted by atomic mass is 16.5. The fraction of sp³-hybridized carbons (Fsp3) is 0.571. The Bertz CT molecular complexity index is 342. The molecule has 1 aromatic rings. The number of hydrogen-bond donors (Lipinski definition) is 1. The van der Waals surface area contributed by atoms with Gasteiger partial charge in [0.15, 0.2) is 0 Å². The lowest BCUT2D eigenvalue weighted by molar-refractivity contribution is 0.0835. The first-order valence-corrected chi connectivity index (χ1v) is 6.26. The maximum absolute atomic E-state index is 5.92. The van der Waals surface area contributed by atoms with Gasteiger partial charge in [-0.2, -0.15) is 0 Å². The molecule has 0 saturated heterocycles. The second kappa shape index (κ2) is 5.63. The van der Waals surface area contributed by atoms with Crippen LogP contribution in [0.15, 0.2) is 24.3 Å². The van der Waals surface area contributed by atoms with Crippen LogP contribution in [0.2, 0.25) is 0 Å².